The number of ether oxygens (including phenoxy) is 1. The Kier molecular flexibility index (Phi) is 7.29. The average Bonchev–Trinajstić information content (AvgIpc) is 3.24. The molecule has 162 valence electrons. The molecule has 6 heteroatoms. The lowest BCUT2D eigenvalue weighted by atomic mass is 9.94. The molecule has 1 aromatic heterocycles. The zero-order chi connectivity index (χ0) is 21.7. The second kappa shape index (κ2) is 9.92. The van der Waals surface area contributed by atoms with Crippen molar-refractivity contribution in [2.45, 2.75) is 71.3 Å². The normalized spacial score (nSPS) is 15.6. The van der Waals surface area contributed by atoms with Gasteiger partial charge in [0.05, 0.1) is 12.3 Å². The molecule has 1 amide bonds. The number of rotatable bonds is 7. The maximum absolute atomic E-state index is 12.9. The summed E-state index contributed by atoms with van der Waals surface area (Å²) < 4.78 is 6.91. The van der Waals surface area contributed by atoms with Crippen molar-refractivity contribution in [2.24, 2.45) is 0 Å². The molecule has 1 unspecified atom stereocenters. The van der Waals surface area contributed by atoms with E-state index >= 15 is 0 Å². The van der Waals surface area contributed by atoms with E-state index in [1.165, 1.54) is 19.3 Å². The van der Waals surface area contributed by atoms with Crippen molar-refractivity contribution in [1.29, 1.82) is 0 Å². The summed E-state index contributed by atoms with van der Waals surface area (Å²) in [5.74, 6) is -0.121. The van der Waals surface area contributed by atoms with Crippen LogP contribution in [0, 0.1) is 0 Å². The third-order valence-electron chi connectivity index (χ3n) is 6.14. The number of hydrogen-bond donors (Lipinski definition) is 0. The number of amides is 1. The molecule has 1 fully saturated rings. The first-order chi connectivity index (χ1) is 14.5. The van der Waals surface area contributed by atoms with Gasteiger partial charge in [0.2, 0.25) is 0 Å². The number of carbonyl (C=O) groups is 2. The van der Waals surface area contributed by atoms with E-state index < -0.39 is 5.97 Å². The Morgan fingerprint density at radius 3 is 2.43 bits per heavy atom. The lowest BCUT2D eigenvalue weighted by molar-refractivity contribution is 0.0518. The molecule has 1 saturated carbocycles. The highest BCUT2D eigenvalue weighted by molar-refractivity contribution is 5.94. The van der Waals surface area contributed by atoms with Crippen LogP contribution in [0.25, 0.3) is 5.69 Å². The van der Waals surface area contributed by atoms with Crippen molar-refractivity contribution in [3.63, 3.8) is 0 Å². The average molecular weight is 412 g/mol. The van der Waals surface area contributed by atoms with Gasteiger partial charge >= 0.3 is 5.97 Å². The zero-order valence-corrected chi connectivity index (χ0v) is 18.6. The van der Waals surface area contributed by atoms with E-state index in [4.69, 9.17) is 4.74 Å². The van der Waals surface area contributed by atoms with Crippen LogP contribution in [0.4, 0.5) is 0 Å². The van der Waals surface area contributed by atoms with Crippen molar-refractivity contribution in [3.8, 4) is 5.69 Å². The number of benzene rings is 1. The zero-order valence-electron chi connectivity index (χ0n) is 18.6. The fourth-order valence-electron chi connectivity index (χ4n) is 4.05. The predicted octanol–water partition coefficient (Wildman–Crippen LogP) is 4.97. The fourth-order valence-corrected chi connectivity index (χ4v) is 4.05. The predicted molar refractivity (Wildman–Crippen MR) is 117 cm³/mol. The van der Waals surface area contributed by atoms with Crippen LogP contribution in [0.5, 0.6) is 0 Å². The quantitative estimate of drug-likeness (QED) is 0.604. The molecule has 0 radical (unpaired) electrons. The van der Waals surface area contributed by atoms with Crippen molar-refractivity contribution in [2.75, 3.05) is 13.7 Å². The Morgan fingerprint density at radius 2 is 1.83 bits per heavy atom. The largest absolute Gasteiger partial charge is 0.461 e. The highest BCUT2D eigenvalue weighted by Gasteiger charge is 2.23. The molecule has 30 heavy (non-hydrogen) atoms. The molecule has 1 aromatic carbocycles. The lowest BCUT2D eigenvalue weighted by Crippen LogP contribution is -2.38. The summed E-state index contributed by atoms with van der Waals surface area (Å²) in [6.07, 6.45) is 6.76. The van der Waals surface area contributed by atoms with E-state index in [0.29, 0.717) is 23.9 Å². The summed E-state index contributed by atoms with van der Waals surface area (Å²) in [6.45, 7) is 6.31. The summed E-state index contributed by atoms with van der Waals surface area (Å²) in [6, 6.07) is 9.64. The van der Waals surface area contributed by atoms with E-state index in [2.05, 4.69) is 18.9 Å². The second-order valence-corrected chi connectivity index (χ2v) is 8.15. The lowest BCUT2D eigenvalue weighted by Gasteiger charge is -2.31. The SMILES string of the molecule is CCOC(=O)c1cc(C(C)CC)n(-c2ccc(C(=O)N(C)C3CCCCC3)cc2)n1. The van der Waals surface area contributed by atoms with Gasteiger partial charge < -0.3 is 9.64 Å². The molecule has 0 bridgehead atoms. The van der Waals surface area contributed by atoms with Gasteiger partial charge in [0, 0.05) is 24.3 Å². The fraction of sp³-hybridized carbons (Fsp3) is 0.542. The van der Waals surface area contributed by atoms with Gasteiger partial charge in [0.25, 0.3) is 5.91 Å². The van der Waals surface area contributed by atoms with Crippen LogP contribution in [-0.2, 0) is 4.74 Å². The van der Waals surface area contributed by atoms with Crippen LogP contribution in [0.3, 0.4) is 0 Å². The van der Waals surface area contributed by atoms with E-state index in [9.17, 15) is 9.59 Å². The highest BCUT2D eigenvalue weighted by Crippen LogP contribution is 2.25. The molecular formula is C24H33N3O3. The van der Waals surface area contributed by atoms with Crippen LogP contribution in [0.15, 0.2) is 30.3 Å². The highest BCUT2D eigenvalue weighted by atomic mass is 16.5. The number of esters is 1. The first-order valence-corrected chi connectivity index (χ1v) is 11.1. The van der Waals surface area contributed by atoms with Gasteiger partial charge in [-0.05, 0) is 62.4 Å². The summed E-state index contributed by atoms with van der Waals surface area (Å²) in [7, 11) is 1.91. The number of hydrogen-bond acceptors (Lipinski definition) is 4. The summed E-state index contributed by atoms with van der Waals surface area (Å²) in [4.78, 5) is 27.0. The van der Waals surface area contributed by atoms with Gasteiger partial charge in [-0.3, -0.25) is 4.79 Å². The topological polar surface area (TPSA) is 64.4 Å². The van der Waals surface area contributed by atoms with Crippen LogP contribution in [-0.4, -0.2) is 46.3 Å². The Hall–Kier alpha value is -2.63. The van der Waals surface area contributed by atoms with E-state index in [1.807, 2.05) is 42.3 Å². The third kappa shape index (κ3) is 4.74. The standard InChI is InChI=1S/C24H33N3O3/c1-5-17(3)22-16-21(24(29)30-6-2)25-27(22)20-14-12-18(13-15-20)23(28)26(4)19-10-8-7-9-11-19/h12-17,19H,5-11H2,1-4H3. The van der Waals surface area contributed by atoms with E-state index in [-0.39, 0.29) is 11.8 Å². The Balaban J connectivity index is 1.84. The van der Waals surface area contributed by atoms with Gasteiger partial charge in [-0.25, -0.2) is 9.48 Å². The van der Waals surface area contributed by atoms with Crippen LogP contribution >= 0.6 is 0 Å². The summed E-state index contributed by atoms with van der Waals surface area (Å²) >= 11 is 0. The number of aromatic nitrogens is 2. The monoisotopic (exact) mass is 411 g/mol. The van der Waals surface area contributed by atoms with Crippen LogP contribution in [0.2, 0.25) is 0 Å². The number of nitrogens with zero attached hydrogens (tertiary/aromatic N) is 3. The molecule has 3 rings (SSSR count). The van der Waals surface area contributed by atoms with Gasteiger partial charge in [-0.2, -0.15) is 5.10 Å². The molecule has 1 atom stereocenters. The van der Waals surface area contributed by atoms with Gasteiger partial charge in [-0.1, -0.05) is 33.1 Å². The van der Waals surface area contributed by atoms with Crippen LogP contribution in [0.1, 0.15) is 91.8 Å². The minimum absolute atomic E-state index is 0.0586. The van der Waals surface area contributed by atoms with E-state index in [1.54, 1.807) is 11.6 Å². The Labute approximate surface area is 179 Å². The molecule has 2 aromatic rings. The Morgan fingerprint density at radius 1 is 1.17 bits per heavy atom. The molecule has 1 heterocycles. The molecule has 0 saturated heterocycles. The van der Waals surface area contributed by atoms with Crippen molar-refractivity contribution < 1.29 is 14.3 Å². The molecule has 0 spiro atoms. The van der Waals surface area contributed by atoms with Gasteiger partial charge in [0.1, 0.15) is 0 Å². The summed E-state index contributed by atoms with van der Waals surface area (Å²) in [5.41, 5.74) is 2.77. The molecule has 1 aliphatic carbocycles. The second-order valence-electron chi connectivity index (χ2n) is 8.15. The molecule has 0 N–H and O–H groups in total. The van der Waals surface area contributed by atoms with Gasteiger partial charge in [0.15, 0.2) is 5.69 Å². The molecule has 6 nitrogen and oxygen atoms in total. The summed E-state index contributed by atoms with van der Waals surface area (Å²) in [5, 5.41) is 4.50. The van der Waals surface area contributed by atoms with E-state index in [0.717, 1.165) is 30.6 Å². The molecule has 1 aliphatic rings. The van der Waals surface area contributed by atoms with Crippen LogP contribution < -0.4 is 0 Å². The smallest absolute Gasteiger partial charge is 0.358 e. The first kappa shape index (κ1) is 22.1. The minimum Gasteiger partial charge on any atom is -0.461 e. The maximum atomic E-state index is 12.9. The van der Waals surface area contributed by atoms with Gasteiger partial charge in [-0.15, -0.1) is 0 Å². The third-order valence-corrected chi connectivity index (χ3v) is 6.14. The number of carbonyl (C=O) groups excluding carboxylic acids is 2. The minimum atomic E-state index is -0.415. The molecular weight excluding hydrogens is 378 g/mol. The van der Waals surface area contributed by atoms with Crippen molar-refractivity contribution in [3.05, 3.63) is 47.3 Å². The Bertz CT molecular complexity index is 866. The van der Waals surface area contributed by atoms with Crippen molar-refractivity contribution >= 4 is 11.9 Å². The molecule has 0 aliphatic heterocycles. The maximum Gasteiger partial charge on any atom is 0.358 e. The first-order valence-electron chi connectivity index (χ1n) is 11.1. The van der Waals surface area contributed by atoms with Crippen molar-refractivity contribution in [1.82, 2.24) is 14.7 Å².